The van der Waals surface area contributed by atoms with E-state index in [9.17, 15) is 0 Å². The summed E-state index contributed by atoms with van der Waals surface area (Å²) in [5, 5.41) is 3.60. The minimum absolute atomic E-state index is 0.906. The van der Waals surface area contributed by atoms with Gasteiger partial charge in [0.15, 0.2) is 0 Å². The third kappa shape index (κ3) is 5.01. The van der Waals surface area contributed by atoms with E-state index in [4.69, 9.17) is 0 Å². The summed E-state index contributed by atoms with van der Waals surface area (Å²) in [5.74, 6) is 1.09. The summed E-state index contributed by atoms with van der Waals surface area (Å²) < 4.78 is 0. The summed E-state index contributed by atoms with van der Waals surface area (Å²) in [7, 11) is 0. The second-order valence-corrected chi connectivity index (χ2v) is 5.58. The predicted molar refractivity (Wildman–Crippen MR) is 66.1 cm³/mol. The number of nitrogens with one attached hydrogen (secondary N) is 1. The smallest absolute Gasteiger partial charge is 0.00682 e. The van der Waals surface area contributed by atoms with Crippen molar-refractivity contribution in [1.29, 1.82) is 0 Å². The van der Waals surface area contributed by atoms with E-state index in [0.717, 1.165) is 12.0 Å². The van der Waals surface area contributed by atoms with Crippen LogP contribution in [-0.2, 0) is 0 Å². The Hall–Kier alpha value is -0.0400. The molecule has 2 aliphatic rings. The van der Waals surface area contributed by atoms with E-state index in [2.05, 4.69) is 5.32 Å². The quantitative estimate of drug-likeness (QED) is 0.627. The highest BCUT2D eigenvalue weighted by Gasteiger charge is 2.19. The lowest BCUT2D eigenvalue weighted by molar-refractivity contribution is 0.328. The molecule has 2 saturated carbocycles. The van der Waals surface area contributed by atoms with E-state index in [0.29, 0.717) is 0 Å². The maximum atomic E-state index is 3.60. The topological polar surface area (TPSA) is 12.0 Å². The SMILES string of the molecule is C(CCNC1CC1)CCC1CCCCC1. The molecule has 1 N–H and O–H groups in total. The van der Waals surface area contributed by atoms with Crippen LogP contribution in [0.3, 0.4) is 0 Å². The van der Waals surface area contributed by atoms with E-state index in [-0.39, 0.29) is 0 Å². The standard InChI is InChI=1S/C14H27N/c1-3-7-13(8-4-1)9-5-2-6-12-15-14-10-11-14/h13-15H,1-12H2. The van der Waals surface area contributed by atoms with E-state index in [1.165, 1.54) is 77.2 Å². The van der Waals surface area contributed by atoms with E-state index >= 15 is 0 Å². The minimum Gasteiger partial charge on any atom is -0.314 e. The number of hydrogen-bond acceptors (Lipinski definition) is 1. The normalized spacial score (nSPS) is 23.2. The van der Waals surface area contributed by atoms with Crippen molar-refractivity contribution in [2.45, 2.75) is 76.7 Å². The fourth-order valence-corrected chi connectivity index (χ4v) is 2.80. The molecule has 0 saturated heterocycles. The molecule has 0 aliphatic heterocycles. The van der Waals surface area contributed by atoms with Crippen LogP contribution in [0.15, 0.2) is 0 Å². The number of unbranched alkanes of at least 4 members (excludes halogenated alkanes) is 2. The zero-order valence-corrected chi connectivity index (χ0v) is 10.1. The Labute approximate surface area is 95.0 Å². The molecule has 15 heavy (non-hydrogen) atoms. The van der Waals surface area contributed by atoms with Gasteiger partial charge in [0.1, 0.15) is 0 Å². The first-order valence-electron chi connectivity index (χ1n) is 7.18. The van der Waals surface area contributed by atoms with Gasteiger partial charge >= 0.3 is 0 Å². The molecule has 0 spiro atoms. The largest absolute Gasteiger partial charge is 0.314 e. The van der Waals surface area contributed by atoms with Crippen LogP contribution in [0, 0.1) is 5.92 Å². The van der Waals surface area contributed by atoms with Crippen LogP contribution in [0.4, 0.5) is 0 Å². The van der Waals surface area contributed by atoms with Crippen molar-refractivity contribution >= 4 is 0 Å². The molecular weight excluding hydrogens is 182 g/mol. The molecule has 0 atom stereocenters. The fourth-order valence-electron chi connectivity index (χ4n) is 2.80. The summed E-state index contributed by atoms with van der Waals surface area (Å²) in [6, 6.07) is 0.906. The molecule has 2 rings (SSSR count). The second kappa shape index (κ2) is 6.52. The Morgan fingerprint density at radius 2 is 1.60 bits per heavy atom. The lowest BCUT2D eigenvalue weighted by atomic mass is 9.86. The molecule has 0 bridgehead atoms. The Morgan fingerprint density at radius 3 is 2.33 bits per heavy atom. The first-order valence-corrected chi connectivity index (χ1v) is 7.18. The van der Waals surface area contributed by atoms with Gasteiger partial charge in [0.05, 0.1) is 0 Å². The monoisotopic (exact) mass is 209 g/mol. The fraction of sp³-hybridized carbons (Fsp3) is 1.00. The van der Waals surface area contributed by atoms with Gasteiger partial charge < -0.3 is 5.32 Å². The van der Waals surface area contributed by atoms with Crippen LogP contribution in [0.25, 0.3) is 0 Å². The molecule has 88 valence electrons. The van der Waals surface area contributed by atoms with Crippen molar-refractivity contribution in [3.63, 3.8) is 0 Å². The van der Waals surface area contributed by atoms with Crippen molar-refractivity contribution in [2.75, 3.05) is 6.54 Å². The van der Waals surface area contributed by atoms with Gasteiger partial charge in [-0.1, -0.05) is 51.4 Å². The number of rotatable bonds is 7. The molecular formula is C14H27N. The first-order chi connectivity index (χ1) is 7.45. The Kier molecular flexibility index (Phi) is 4.98. The lowest BCUT2D eigenvalue weighted by Gasteiger charge is -2.21. The van der Waals surface area contributed by atoms with Crippen molar-refractivity contribution in [3.8, 4) is 0 Å². The molecule has 0 aromatic carbocycles. The van der Waals surface area contributed by atoms with E-state index < -0.39 is 0 Å². The highest BCUT2D eigenvalue weighted by Crippen LogP contribution is 2.27. The highest BCUT2D eigenvalue weighted by atomic mass is 14.9. The second-order valence-electron chi connectivity index (χ2n) is 5.58. The maximum absolute atomic E-state index is 3.60. The number of hydrogen-bond donors (Lipinski definition) is 1. The Morgan fingerprint density at radius 1 is 0.800 bits per heavy atom. The van der Waals surface area contributed by atoms with Crippen LogP contribution < -0.4 is 5.32 Å². The molecule has 0 aromatic heterocycles. The van der Waals surface area contributed by atoms with Gasteiger partial charge in [0.2, 0.25) is 0 Å². The summed E-state index contributed by atoms with van der Waals surface area (Å²) in [6.07, 6.45) is 16.3. The molecule has 0 amide bonds. The summed E-state index contributed by atoms with van der Waals surface area (Å²) in [4.78, 5) is 0. The zero-order chi connectivity index (χ0) is 10.3. The zero-order valence-electron chi connectivity index (χ0n) is 10.1. The maximum Gasteiger partial charge on any atom is 0.00682 e. The van der Waals surface area contributed by atoms with E-state index in [1.54, 1.807) is 0 Å². The van der Waals surface area contributed by atoms with Crippen molar-refractivity contribution in [3.05, 3.63) is 0 Å². The van der Waals surface area contributed by atoms with Gasteiger partial charge in [0, 0.05) is 6.04 Å². The van der Waals surface area contributed by atoms with Crippen molar-refractivity contribution in [1.82, 2.24) is 5.32 Å². The van der Waals surface area contributed by atoms with Crippen molar-refractivity contribution < 1.29 is 0 Å². The lowest BCUT2D eigenvalue weighted by Crippen LogP contribution is -2.17. The van der Waals surface area contributed by atoms with E-state index in [1.807, 2.05) is 0 Å². The molecule has 0 radical (unpaired) electrons. The molecule has 0 unspecified atom stereocenters. The molecule has 0 aromatic rings. The van der Waals surface area contributed by atoms with Crippen LogP contribution in [0.1, 0.15) is 70.6 Å². The Balaban J connectivity index is 1.37. The van der Waals surface area contributed by atoms with Gasteiger partial charge in [-0.3, -0.25) is 0 Å². The van der Waals surface area contributed by atoms with Crippen LogP contribution in [0.5, 0.6) is 0 Å². The van der Waals surface area contributed by atoms with Crippen LogP contribution >= 0.6 is 0 Å². The van der Waals surface area contributed by atoms with Gasteiger partial charge in [-0.15, -0.1) is 0 Å². The minimum atomic E-state index is 0.906. The molecule has 1 nitrogen and oxygen atoms in total. The predicted octanol–water partition coefficient (Wildman–Crippen LogP) is 3.88. The van der Waals surface area contributed by atoms with Gasteiger partial charge in [-0.25, -0.2) is 0 Å². The highest BCUT2D eigenvalue weighted by molar-refractivity contribution is 4.80. The van der Waals surface area contributed by atoms with Crippen molar-refractivity contribution in [2.24, 2.45) is 5.92 Å². The molecule has 1 heteroatoms. The molecule has 0 heterocycles. The third-order valence-electron chi connectivity index (χ3n) is 4.02. The van der Waals surface area contributed by atoms with Gasteiger partial charge in [-0.05, 0) is 31.7 Å². The van der Waals surface area contributed by atoms with Gasteiger partial charge in [-0.2, -0.15) is 0 Å². The molecule has 2 fully saturated rings. The molecule has 2 aliphatic carbocycles. The van der Waals surface area contributed by atoms with Gasteiger partial charge in [0.25, 0.3) is 0 Å². The summed E-state index contributed by atoms with van der Waals surface area (Å²) in [6.45, 7) is 1.27. The third-order valence-corrected chi connectivity index (χ3v) is 4.02. The van der Waals surface area contributed by atoms with Crippen LogP contribution in [-0.4, -0.2) is 12.6 Å². The average Bonchev–Trinajstić information content (AvgIpc) is 3.09. The van der Waals surface area contributed by atoms with Crippen LogP contribution in [0.2, 0.25) is 0 Å². The summed E-state index contributed by atoms with van der Waals surface area (Å²) >= 11 is 0. The Bertz CT molecular complexity index is 157. The average molecular weight is 209 g/mol. The summed E-state index contributed by atoms with van der Waals surface area (Å²) in [5.41, 5.74) is 0. The first kappa shape index (κ1) is 11.4.